The van der Waals surface area contributed by atoms with Gasteiger partial charge in [-0.1, -0.05) is 26.0 Å². The summed E-state index contributed by atoms with van der Waals surface area (Å²) in [6, 6.07) is 0. The molecule has 0 bridgehead atoms. The first-order valence-corrected chi connectivity index (χ1v) is 6.34. The minimum absolute atomic E-state index is 0.761. The van der Waals surface area contributed by atoms with E-state index in [0.29, 0.717) is 0 Å². The van der Waals surface area contributed by atoms with E-state index >= 15 is 0 Å². The van der Waals surface area contributed by atoms with Gasteiger partial charge in [0, 0.05) is 35.9 Å². The van der Waals surface area contributed by atoms with Crippen LogP contribution in [0.4, 0.5) is 0 Å². The third-order valence-corrected chi connectivity index (χ3v) is 3.84. The van der Waals surface area contributed by atoms with E-state index in [2.05, 4.69) is 49.7 Å². The molecule has 1 fully saturated rings. The number of hydrogen-bond acceptors (Lipinski definition) is 3. The van der Waals surface area contributed by atoms with Crippen LogP contribution in [0.1, 0.15) is 13.8 Å². The summed E-state index contributed by atoms with van der Waals surface area (Å²) in [6.07, 6.45) is 0. The van der Waals surface area contributed by atoms with Crippen molar-refractivity contribution in [1.29, 1.82) is 0 Å². The molecule has 0 spiro atoms. The molecule has 0 aromatic heterocycles. The zero-order valence-electron chi connectivity index (χ0n) is 8.49. The van der Waals surface area contributed by atoms with Crippen molar-refractivity contribution >= 4 is 24.4 Å². The van der Waals surface area contributed by atoms with Crippen molar-refractivity contribution < 1.29 is 0 Å². The van der Waals surface area contributed by atoms with Crippen LogP contribution in [0.15, 0.2) is 12.2 Å². The molecule has 1 aliphatic heterocycles. The Kier molecular flexibility index (Phi) is 4.70. The van der Waals surface area contributed by atoms with Gasteiger partial charge >= 0.3 is 0 Å². The molecule has 0 amide bonds. The highest BCUT2D eigenvalue weighted by atomic mass is 32.2. The Hall–Kier alpha value is 0.400. The lowest BCUT2D eigenvalue weighted by Crippen LogP contribution is -2.41. The summed E-state index contributed by atoms with van der Waals surface area (Å²) in [7, 11) is 0. The van der Waals surface area contributed by atoms with Crippen LogP contribution in [0.3, 0.4) is 0 Å². The maximum absolute atomic E-state index is 4.23. The van der Waals surface area contributed by atoms with Crippen LogP contribution in [-0.4, -0.2) is 40.8 Å². The lowest BCUT2D eigenvalue weighted by Gasteiger charge is -2.34. The fraction of sp³-hybridized carbons (Fsp3) is 0.800. The van der Waals surface area contributed by atoms with Gasteiger partial charge in [0.15, 0.2) is 0 Å². The predicted molar refractivity (Wildman–Crippen MR) is 65.9 cm³/mol. The van der Waals surface area contributed by atoms with E-state index in [-0.39, 0.29) is 0 Å². The number of thioether (sulfide) groups is 1. The van der Waals surface area contributed by atoms with Crippen molar-refractivity contribution in [3.05, 3.63) is 12.2 Å². The van der Waals surface area contributed by atoms with E-state index in [1.165, 1.54) is 18.7 Å². The SMILES string of the molecule is C=C(CS)CN1CC(C)SC(C)C1. The zero-order valence-corrected chi connectivity index (χ0v) is 10.2. The summed E-state index contributed by atoms with van der Waals surface area (Å²) in [4.78, 5) is 2.49. The summed E-state index contributed by atoms with van der Waals surface area (Å²) < 4.78 is 0. The van der Waals surface area contributed by atoms with Crippen LogP contribution >= 0.6 is 24.4 Å². The Bertz CT molecular complexity index is 172. The lowest BCUT2D eigenvalue weighted by molar-refractivity contribution is 0.294. The summed E-state index contributed by atoms with van der Waals surface area (Å²) in [6.45, 7) is 12.0. The fourth-order valence-corrected chi connectivity index (χ4v) is 3.27. The molecule has 1 aliphatic rings. The topological polar surface area (TPSA) is 3.24 Å². The van der Waals surface area contributed by atoms with E-state index in [9.17, 15) is 0 Å². The molecule has 13 heavy (non-hydrogen) atoms. The maximum Gasteiger partial charge on any atom is 0.0199 e. The molecule has 1 saturated heterocycles. The van der Waals surface area contributed by atoms with Gasteiger partial charge in [-0.05, 0) is 0 Å². The molecule has 76 valence electrons. The molecule has 0 N–H and O–H groups in total. The van der Waals surface area contributed by atoms with Gasteiger partial charge < -0.3 is 0 Å². The second-order valence-corrected chi connectivity index (χ2v) is 6.06. The molecule has 0 radical (unpaired) electrons. The van der Waals surface area contributed by atoms with Crippen molar-refractivity contribution in [2.24, 2.45) is 0 Å². The molecule has 0 aliphatic carbocycles. The van der Waals surface area contributed by atoms with Gasteiger partial charge in [0.1, 0.15) is 0 Å². The van der Waals surface area contributed by atoms with E-state index in [4.69, 9.17) is 0 Å². The first-order chi connectivity index (χ1) is 6.11. The molecule has 2 unspecified atom stereocenters. The van der Waals surface area contributed by atoms with Crippen molar-refractivity contribution in [2.45, 2.75) is 24.3 Å². The Morgan fingerprint density at radius 3 is 2.46 bits per heavy atom. The average molecular weight is 217 g/mol. The van der Waals surface area contributed by atoms with Crippen LogP contribution < -0.4 is 0 Å². The highest BCUT2D eigenvalue weighted by Gasteiger charge is 2.21. The van der Waals surface area contributed by atoms with E-state index in [0.717, 1.165) is 22.8 Å². The van der Waals surface area contributed by atoms with Gasteiger partial charge in [0.2, 0.25) is 0 Å². The minimum Gasteiger partial charge on any atom is -0.297 e. The molecule has 1 nitrogen and oxygen atoms in total. The standard InChI is InChI=1S/C10H19NS2/c1-8(7-12)4-11-5-9(2)13-10(3)6-11/h9-10,12H,1,4-7H2,2-3H3. The smallest absolute Gasteiger partial charge is 0.0199 e. The number of hydrogen-bond donors (Lipinski definition) is 1. The third kappa shape index (κ3) is 3.96. The summed E-state index contributed by atoms with van der Waals surface area (Å²) >= 11 is 6.32. The monoisotopic (exact) mass is 217 g/mol. The zero-order chi connectivity index (χ0) is 9.84. The Morgan fingerprint density at radius 2 is 2.00 bits per heavy atom. The molecule has 2 atom stereocenters. The Balaban J connectivity index is 2.37. The number of nitrogens with zero attached hydrogens (tertiary/aromatic N) is 1. The minimum atomic E-state index is 0.761. The van der Waals surface area contributed by atoms with Gasteiger partial charge in [-0.25, -0.2) is 0 Å². The molecule has 0 aromatic carbocycles. The highest BCUT2D eigenvalue weighted by molar-refractivity contribution is 8.00. The van der Waals surface area contributed by atoms with Crippen molar-refractivity contribution in [1.82, 2.24) is 4.90 Å². The van der Waals surface area contributed by atoms with E-state index < -0.39 is 0 Å². The van der Waals surface area contributed by atoms with E-state index in [1.807, 2.05) is 0 Å². The van der Waals surface area contributed by atoms with Crippen LogP contribution in [0.25, 0.3) is 0 Å². The van der Waals surface area contributed by atoms with Crippen molar-refractivity contribution in [3.8, 4) is 0 Å². The molecule has 3 heteroatoms. The summed E-state index contributed by atoms with van der Waals surface area (Å²) in [5.41, 5.74) is 1.23. The normalized spacial score (nSPS) is 30.4. The Morgan fingerprint density at radius 1 is 1.46 bits per heavy atom. The van der Waals surface area contributed by atoms with Gasteiger partial charge in [-0.3, -0.25) is 4.90 Å². The Labute approximate surface area is 91.4 Å². The molecule has 0 saturated carbocycles. The summed E-state index contributed by atoms with van der Waals surface area (Å²) in [5.74, 6) is 0.812. The van der Waals surface area contributed by atoms with Gasteiger partial charge in [0.05, 0.1) is 0 Å². The number of thiol groups is 1. The third-order valence-electron chi connectivity index (χ3n) is 2.17. The largest absolute Gasteiger partial charge is 0.297 e. The second kappa shape index (κ2) is 5.32. The maximum atomic E-state index is 4.23. The van der Waals surface area contributed by atoms with Crippen LogP contribution in [-0.2, 0) is 0 Å². The quantitative estimate of drug-likeness (QED) is 0.571. The van der Waals surface area contributed by atoms with Crippen molar-refractivity contribution in [3.63, 3.8) is 0 Å². The molecule has 1 heterocycles. The first-order valence-electron chi connectivity index (χ1n) is 4.77. The average Bonchev–Trinajstić information content (AvgIpc) is 2.02. The summed E-state index contributed by atoms with van der Waals surface area (Å²) in [5, 5.41) is 1.52. The fourth-order valence-electron chi connectivity index (χ4n) is 1.78. The van der Waals surface area contributed by atoms with Gasteiger partial charge in [0.25, 0.3) is 0 Å². The predicted octanol–water partition coefficient (Wildman–Crippen LogP) is 2.30. The van der Waals surface area contributed by atoms with Crippen LogP contribution in [0.5, 0.6) is 0 Å². The van der Waals surface area contributed by atoms with Gasteiger partial charge in [-0.15, -0.1) is 0 Å². The number of rotatable bonds is 3. The van der Waals surface area contributed by atoms with Crippen LogP contribution in [0.2, 0.25) is 0 Å². The second-order valence-electron chi connectivity index (χ2n) is 3.86. The van der Waals surface area contributed by atoms with E-state index in [1.54, 1.807) is 0 Å². The first kappa shape index (κ1) is 11.5. The highest BCUT2D eigenvalue weighted by Crippen LogP contribution is 2.24. The van der Waals surface area contributed by atoms with Crippen molar-refractivity contribution in [2.75, 3.05) is 25.4 Å². The molecule has 1 rings (SSSR count). The molecular formula is C10H19NS2. The lowest BCUT2D eigenvalue weighted by atomic mass is 10.2. The van der Waals surface area contributed by atoms with Crippen LogP contribution in [0, 0.1) is 0 Å². The molecular weight excluding hydrogens is 198 g/mol. The van der Waals surface area contributed by atoms with Gasteiger partial charge in [-0.2, -0.15) is 24.4 Å². The molecule has 0 aromatic rings.